The highest BCUT2D eigenvalue weighted by molar-refractivity contribution is 9.10. The van der Waals surface area contributed by atoms with E-state index < -0.39 is 5.54 Å². The van der Waals surface area contributed by atoms with Crippen molar-refractivity contribution >= 4 is 27.9 Å². The van der Waals surface area contributed by atoms with E-state index in [2.05, 4.69) is 21.2 Å². The van der Waals surface area contributed by atoms with Gasteiger partial charge in [-0.05, 0) is 18.6 Å². The van der Waals surface area contributed by atoms with Gasteiger partial charge in [-0.1, -0.05) is 64.5 Å². The number of hydrogen-bond donors (Lipinski definition) is 1. The zero-order chi connectivity index (χ0) is 15.7. The number of carbonyl (C=O) groups excluding carboxylic acids is 2. The second-order valence-electron chi connectivity index (χ2n) is 5.41. The molecule has 1 saturated heterocycles. The molecule has 1 unspecified atom stereocenters. The molecular formula is C17H15BrN2O2. The molecule has 2 aromatic carbocycles. The lowest BCUT2D eigenvalue weighted by Crippen LogP contribution is -2.41. The summed E-state index contributed by atoms with van der Waals surface area (Å²) in [6, 6.07) is 16.5. The fourth-order valence-corrected chi connectivity index (χ4v) is 3.34. The first-order chi connectivity index (χ1) is 10.5. The Morgan fingerprint density at radius 2 is 1.68 bits per heavy atom. The molecule has 112 valence electrons. The Labute approximate surface area is 137 Å². The van der Waals surface area contributed by atoms with Crippen LogP contribution in [0.1, 0.15) is 18.1 Å². The molecule has 0 saturated carbocycles. The molecular weight excluding hydrogens is 344 g/mol. The van der Waals surface area contributed by atoms with Crippen LogP contribution in [0, 0.1) is 0 Å². The molecule has 1 atom stereocenters. The number of nitrogens with one attached hydrogen (secondary N) is 1. The van der Waals surface area contributed by atoms with Gasteiger partial charge in [-0.3, -0.25) is 9.69 Å². The molecule has 0 aromatic heterocycles. The van der Waals surface area contributed by atoms with Gasteiger partial charge in [0.1, 0.15) is 5.54 Å². The van der Waals surface area contributed by atoms with Crippen molar-refractivity contribution in [3.63, 3.8) is 0 Å². The molecule has 1 heterocycles. The molecule has 2 aromatic rings. The molecule has 22 heavy (non-hydrogen) atoms. The average molecular weight is 359 g/mol. The van der Waals surface area contributed by atoms with Gasteiger partial charge < -0.3 is 5.32 Å². The fourth-order valence-electron chi connectivity index (χ4n) is 2.66. The number of imide groups is 1. The van der Waals surface area contributed by atoms with Crippen molar-refractivity contribution in [1.82, 2.24) is 10.2 Å². The Morgan fingerprint density at radius 1 is 1.05 bits per heavy atom. The van der Waals surface area contributed by atoms with Gasteiger partial charge in [0, 0.05) is 10.0 Å². The zero-order valence-corrected chi connectivity index (χ0v) is 13.6. The number of rotatable bonds is 3. The van der Waals surface area contributed by atoms with Crippen LogP contribution in [-0.4, -0.2) is 16.8 Å². The summed E-state index contributed by atoms with van der Waals surface area (Å²) >= 11 is 3.45. The second-order valence-corrected chi connectivity index (χ2v) is 6.27. The largest absolute Gasteiger partial charge is 0.325 e. The first-order valence-corrected chi connectivity index (χ1v) is 7.75. The molecule has 0 aliphatic carbocycles. The van der Waals surface area contributed by atoms with Crippen molar-refractivity contribution < 1.29 is 9.59 Å². The summed E-state index contributed by atoms with van der Waals surface area (Å²) in [7, 11) is 0. The Hall–Kier alpha value is -2.14. The van der Waals surface area contributed by atoms with E-state index in [4.69, 9.17) is 0 Å². The quantitative estimate of drug-likeness (QED) is 0.854. The topological polar surface area (TPSA) is 49.4 Å². The van der Waals surface area contributed by atoms with Crippen LogP contribution in [-0.2, 0) is 16.9 Å². The van der Waals surface area contributed by atoms with Crippen molar-refractivity contribution in [2.24, 2.45) is 0 Å². The fraction of sp³-hybridized carbons (Fsp3) is 0.176. The van der Waals surface area contributed by atoms with Crippen LogP contribution in [0.15, 0.2) is 59.1 Å². The minimum atomic E-state index is -1.05. The Morgan fingerprint density at radius 3 is 2.36 bits per heavy atom. The highest BCUT2D eigenvalue weighted by atomic mass is 79.9. The van der Waals surface area contributed by atoms with Gasteiger partial charge in [-0.2, -0.15) is 0 Å². The SMILES string of the molecule is CC1(c2ccccc2Br)NC(=O)N(Cc2ccccc2)C1=O. The predicted molar refractivity (Wildman–Crippen MR) is 87.0 cm³/mol. The summed E-state index contributed by atoms with van der Waals surface area (Å²) in [6.45, 7) is 2.00. The number of halogens is 1. The van der Waals surface area contributed by atoms with Gasteiger partial charge in [0.2, 0.25) is 0 Å². The monoisotopic (exact) mass is 358 g/mol. The normalized spacial score (nSPS) is 21.1. The van der Waals surface area contributed by atoms with E-state index in [1.54, 1.807) is 6.92 Å². The third kappa shape index (κ3) is 2.41. The highest BCUT2D eigenvalue weighted by Gasteiger charge is 2.49. The maximum atomic E-state index is 12.8. The third-order valence-corrected chi connectivity index (χ3v) is 4.56. The second kappa shape index (κ2) is 5.57. The molecule has 3 amide bonds. The average Bonchev–Trinajstić information content (AvgIpc) is 2.73. The lowest BCUT2D eigenvalue weighted by molar-refractivity contribution is -0.131. The first kappa shape index (κ1) is 14.8. The molecule has 1 aliphatic heterocycles. The van der Waals surface area contributed by atoms with E-state index in [9.17, 15) is 9.59 Å². The number of benzene rings is 2. The minimum absolute atomic E-state index is 0.242. The van der Waals surface area contributed by atoms with Crippen molar-refractivity contribution in [2.45, 2.75) is 19.0 Å². The van der Waals surface area contributed by atoms with E-state index in [1.807, 2.05) is 54.6 Å². The van der Waals surface area contributed by atoms with Crippen molar-refractivity contribution in [2.75, 3.05) is 0 Å². The number of carbonyl (C=O) groups is 2. The summed E-state index contributed by atoms with van der Waals surface area (Å²) < 4.78 is 0.799. The predicted octanol–water partition coefficient (Wildman–Crippen LogP) is 3.42. The summed E-state index contributed by atoms with van der Waals surface area (Å²) in [6.07, 6.45) is 0. The van der Waals surface area contributed by atoms with E-state index in [-0.39, 0.29) is 18.5 Å². The molecule has 3 rings (SSSR count). The van der Waals surface area contributed by atoms with Crippen LogP contribution in [0.25, 0.3) is 0 Å². The summed E-state index contributed by atoms with van der Waals surface area (Å²) in [4.78, 5) is 26.3. The van der Waals surface area contributed by atoms with Crippen LogP contribution in [0.5, 0.6) is 0 Å². The molecule has 1 aliphatic rings. The summed E-state index contributed by atoms with van der Waals surface area (Å²) in [5.41, 5.74) is 0.623. The molecule has 5 heteroatoms. The number of hydrogen-bond acceptors (Lipinski definition) is 2. The molecule has 4 nitrogen and oxygen atoms in total. The van der Waals surface area contributed by atoms with Gasteiger partial charge in [-0.25, -0.2) is 4.79 Å². The Bertz CT molecular complexity index is 732. The maximum absolute atomic E-state index is 12.8. The van der Waals surface area contributed by atoms with Crippen LogP contribution in [0.3, 0.4) is 0 Å². The smallest absolute Gasteiger partial charge is 0.319 e. The Kier molecular flexibility index (Phi) is 3.74. The standard InChI is InChI=1S/C17H15BrN2O2/c1-17(13-9-5-6-10-14(13)18)15(21)20(16(22)19-17)11-12-7-3-2-4-8-12/h2-10H,11H2,1H3,(H,19,22). The summed E-state index contributed by atoms with van der Waals surface area (Å²) in [5, 5.41) is 2.81. The third-order valence-electron chi connectivity index (χ3n) is 3.87. The lowest BCUT2D eigenvalue weighted by Gasteiger charge is -2.23. The minimum Gasteiger partial charge on any atom is -0.319 e. The van der Waals surface area contributed by atoms with Crippen molar-refractivity contribution in [1.29, 1.82) is 0 Å². The van der Waals surface area contributed by atoms with E-state index in [1.165, 1.54) is 4.90 Å². The molecule has 0 bridgehead atoms. The number of urea groups is 1. The lowest BCUT2D eigenvalue weighted by atomic mass is 9.92. The Balaban J connectivity index is 1.93. The van der Waals surface area contributed by atoms with Crippen molar-refractivity contribution in [3.05, 3.63) is 70.2 Å². The van der Waals surface area contributed by atoms with E-state index >= 15 is 0 Å². The van der Waals surface area contributed by atoms with Gasteiger partial charge in [-0.15, -0.1) is 0 Å². The van der Waals surface area contributed by atoms with Crippen LogP contribution in [0.2, 0.25) is 0 Å². The van der Waals surface area contributed by atoms with Crippen molar-refractivity contribution in [3.8, 4) is 0 Å². The van der Waals surface area contributed by atoms with Crippen LogP contribution >= 0.6 is 15.9 Å². The first-order valence-electron chi connectivity index (χ1n) is 6.95. The van der Waals surface area contributed by atoms with Crippen LogP contribution < -0.4 is 5.32 Å². The molecule has 0 spiro atoms. The zero-order valence-electron chi connectivity index (χ0n) is 12.0. The molecule has 0 radical (unpaired) electrons. The number of nitrogens with zero attached hydrogens (tertiary/aromatic N) is 1. The molecule has 1 fully saturated rings. The maximum Gasteiger partial charge on any atom is 0.325 e. The summed E-state index contributed by atoms with van der Waals surface area (Å²) in [5.74, 6) is -0.242. The van der Waals surface area contributed by atoms with E-state index in [0.29, 0.717) is 0 Å². The van der Waals surface area contributed by atoms with Gasteiger partial charge in [0.05, 0.1) is 6.54 Å². The van der Waals surface area contributed by atoms with Gasteiger partial charge in [0.15, 0.2) is 0 Å². The molecule has 1 N–H and O–H groups in total. The van der Waals surface area contributed by atoms with E-state index in [0.717, 1.165) is 15.6 Å². The number of amides is 3. The van der Waals surface area contributed by atoms with Gasteiger partial charge in [0.25, 0.3) is 5.91 Å². The van der Waals surface area contributed by atoms with Gasteiger partial charge >= 0.3 is 6.03 Å². The van der Waals surface area contributed by atoms with Crippen LogP contribution in [0.4, 0.5) is 4.79 Å². The highest BCUT2D eigenvalue weighted by Crippen LogP contribution is 2.34.